The minimum atomic E-state index is 0.275. The van der Waals surface area contributed by atoms with Crippen LogP contribution in [0.4, 0.5) is 0 Å². The van der Waals surface area contributed by atoms with Crippen LogP contribution >= 0.6 is 23.4 Å². The van der Waals surface area contributed by atoms with Crippen LogP contribution in [-0.2, 0) is 0 Å². The quantitative estimate of drug-likeness (QED) is 0.581. The van der Waals surface area contributed by atoms with Crippen LogP contribution in [0.3, 0.4) is 0 Å². The van der Waals surface area contributed by atoms with Crippen molar-refractivity contribution in [3.05, 3.63) is 22.3 Å². The lowest BCUT2D eigenvalue weighted by molar-refractivity contribution is 0.516. The number of hydrogen-bond donors (Lipinski definition) is 2. The molecule has 0 aliphatic heterocycles. The van der Waals surface area contributed by atoms with Crippen LogP contribution in [0, 0.1) is 0 Å². The van der Waals surface area contributed by atoms with Crippen LogP contribution in [0.2, 0.25) is 0 Å². The van der Waals surface area contributed by atoms with E-state index in [-0.39, 0.29) is 5.16 Å². The number of hydrogen-bond acceptors (Lipinski definition) is 3. The Morgan fingerprint density at radius 1 is 1.14 bits per heavy atom. The van der Waals surface area contributed by atoms with Gasteiger partial charge in [0.1, 0.15) is 0 Å². The summed E-state index contributed by atoms with van der Waals surface area (Å²) in [6.45, 7) is 0. The SMILES string of the molecule is N/C(Cl)=C\C=C(/N)SC1CCCCC1. The zero-order valence-corrected chi connectivity index (χ0v) is 9.78. The third-order valence-corrected chi connectivity index (χ3v) is 3.60. The zero-order valence-electron chi connectivity index (χ0n) is 8.21. The maximum atomic E-state index is 5.82. The Hall–Kier alpha value is -0.280. The van der Waals surface area contributed by atoms with E-state index in [1.165, 1.54) is 32.1 Å². The van der Waals surface area contributed by atoms with Gasteiger partial charge in [0.25, 0.3) is 0 Å². The highest BCUT2D eigenvalue weighted by Crippen LogP contribution is 2.30. The Balaban J connectivity index is 2.34. The number of allylic oxidation sites excluding steroid dienone is 2. The molecule has 1 saturated carbocycles. The average Bonchev–Trinajstić information content (AvgIpc) is 2.16. The summed E-state index contributed by atoms with van der Waals surface area (Å²) < 4.78 is 0. The van der Waals surface area contributed by atoms with E-state index in [1.807, 2.05) is 0 Å². The first-order chi connectivity index (χ1) is 6.68. The zero-order chi connectivity index (χ0) is 10.4. The lowest BCUT2D eigenvalue weighted by atomic mass is 10.0. The van der Waals surface area contributed by atoms with Gasteiger partial charge in [0.15, 0.2) is 0 Å². The van der Waals surface area contributed by atoms with Crippen molar-refractivity contribution in [2.45, 2.75) is 37.4 Å². The molecule has 1 fully saturated rings. The summed E-state index contributed by atoms with van der Waals surface area (Å²) in [5.74, 6) is 0. The van der Waals surface area contributed by atoms with Crippen LogP contribution in [0.5, 0.6) is 0 Å². The van der Waals surface area contributed by atoms with Crippen LogP contribution in [-0.4, -0.2) is 5.25 Å². The predicted molar refractivity (Wildman–Crippen MR) is 64.9 cm³/mol. The fourth-order valence-corrected chi connectivity index (χ4v) is 2.74. The molecule has 0 radical (unpaired) electrons. The molecule has 0 saturated heterocycles. The maximum absolute atomic E-state index is 5.82. The third kappa shape index (κ3) is 4.82. The van der Waals surface area contributed by atoms with Crippen molar-refractivity contribution in [3.63, 3.8) is 0 Å². The summed E-state index contributed by atoms with van der Waals surface area (Å²) in [6.07, 6.45) is 10.00. The maximum Gasteiger partial charge on any atom is 0.0992 e. The molecule has 0 aromatic carbocycles. The summed E-state index contributed by atoms with van der Waals surface area (Å²) in [5, 5.41) is 1.77. The summed E-state index contributed by atoms with van der Waals surface area (Å²) >= 11 is 7.24. The Kier molecular flexibility index (Phi) is 5.26. The first-order valence-electron chi connectivity index (χ1n) is 4.93. The first kappa shape index (κ1) is 11.8. The summed E-state index contributed by atoms with van der Waals surface area (Å²) in [5.41, 5.74) is 11.1. The van der Waals surface area contributed by atoms with Crippen molar-refractivity contribution in [2.75, 3.05) is 0 Å². The highest BCUT2D eigenvalue weighted by Gasteiger charge is 2.14. The number of rotatable bonds is 3. The van der Waals surface area contributed by atoms with Gasteiger partial charge < -0.3 is 11.5 Å². The van der Waals surface area contributed by atoms with E-state index in [2.05, 4.69) is 0 Å². The van der Waals surface area contributed by atoms with E-state index in [0.29, 0.717) is 5.25 Å². The lowest BCUT2D eigenvalue weighted by Crippen LogP contribution is -2.10. The second-order valence-electron chi connectivity index (χ2n) is 3.50. The molecule has 0 aromatic heterocycles. The van der Waals surface area contributed by atoms with Gasteiger partial charge >= 0.3 is 0 Å². The number of thioether (sulfide) groups is 1. The van der Waals surface area contributed by atoms with E-state index in [1.54, 1.807) is 23.9 Å². The Morgan fingerprint density at radius 3 is 2.36 bits per heavy atom. The highest BCUT2D eigenvalue weighted by atomic mass is 35.5. The molecule has 0 aromatic rings. The van der Waals surface area contributed by atoms with Gasteiger partial charge in [-0.05, 0) is 25.0 Å². The Bertz CT molecular complexity index is 228. The van der Waals surface area contributed by atoms with Gasteiger partial charge in [0.2, 0.25) is 0 Å². The monoisotopic (exact) mass is 232 g/mol. The molecule has 0 amide bonds. The lowest BCUT2D eigenvalue weighted by Gasteiger charge is -2.20. The van der Waals surface area contributed by atoms with Crippen LogP contribution in [0.15, 0.2) is 22.3 Å². The highest BCUT2D eigenvalue weighted by molar-refractivity contribution is 8.03. The normalized spacial score (nSPS) is 21.2. The minimum Gasteiger partial charge on any atom is -0.394 e. The molecular formula is C10H17ClN2S. The molecule has 1 aliphatic carbocycles. The standard InChI is InChI=1S/C10H17ClN2S/c11-9(12)6-7-10(13)14-8-4-2-1-3-5-8/h6-8H,1-5,12-13H2/b9-6-,10-7+. The fraction of sp³-hybridized carbons (Fsp3) is 0.600. The molecule has 2 nitrogen and oxygen atoms in total. The topological polar surface area (TPSA) is 52.0 Å². The van der Waals surface area contributed by atoms with Gasteiger partial charge in [-0.2, -0.15) is 0 Å². The van der Waals surface area contributed by atoms with Gasteiger partial charge in [-0.25, -0.2) is 0 Å². The molecule has 4 heteroatoms. The van der Waals surface area contributed by atoms with Crippen molar-refractivity contribution in [2.24, 2.45) is 11.5 Å². The third-order valence-electron chi connectivity index (χ3n) is 2.26. The molecule has 0 spiro atoms. The largest absolute Gasteiger partial charge is 0.394 e. The van der Waals surface area contributed by atoms with Gasteiger partial charge in [-0.3, -0.25) is 0 Å². The molecule has 0 atom stereocenters. The number of nitrogens with two attached hydrogens (primary N) is 2. The predicted octanol–water partition coefficient (Wildman–Crippen LogP) is 2.89. The van der Waals surface area contributed by atoms with E-state index in [9.17, 15) is 0 Å². The Labute approximate surface area is 94.7 Å². The molecule has 0 heterocycles. The molecule has 14 heavy (non-hydrogen) atoms. The van der Waals surface area contributed by atoms with Crippen molar-refractivity contribution in [3.8, 4) is 0 Å². The molecular weight excluding hydrogens is 216 g/mol. The summed E-state index contributed by atoms with van der Waals surface area (Å²) in [7, 11) is 0. The van der Waals surface area contributed by atoms with Crippen LogP contribution in [0.25, 0.3) is 0 Å². The summed E-state index contributed by atoms with van der Waals surface area (Å²) in [6, 6.07) is 0. The van der Waals surface area contributed by atoms with Crippen molar-refractivity contribution in [1.29, 1.82) is 0 Å². The van der Waals surface area contributed by atoms with Crippen LogP contribution in [0.1, 0.15) is 32.1 Å². The fourth-order valence-electron chi connectivity index (χ4n) is 1.58. The van der Waals surface area contributed by atoms with E-state index >= 15 is 0 Å². The van der Waals surface area contributed by atoms with E-state index < -0.39 is 0 Å². The molecule has 80 valence electrons. The van der Waals surface area contributed by atoms with Crippen LogP contribution < -0.4 is 11.5 Å². The minimum absolute atomic E-state index is 0.275. The number of halogens is 1. The summed E-state index contributed by atoms with van der Waals surface area (Å²) in [4.78, 5) is 0. The van der Waals surface area contributed by atoms with E-state index in [4.69, 9.17) is 23.1 Å². The van der Waals surface area contributed by atoms with Crippen molar-refractivity contribution in [1.82, 2.24) is 0 Å². The van der Waals surface area contributed by atoms with Gasteiger partial charge in [0, 0.05) is 5.25 Å². The van der Waals surface area contributed by atoms with E-state index in [0.717, 1.165) is 5.03 Å². The molecule has 1 aliphatic rings. The van der Waals surface area contributed by atoms with Crippen molar-refractivity contribution < 1.29 is 0 Å². The van der Waals surface area contributed by atoms with Gasteiger partial charge in [0.05, 0.1) is 10.2 Å². The second kappa shape index (κ2) is 6.25. The van der Waals surface area contributed by atoms with Crippen molar-refractivity contribution >= 4 is 23.4 Å². The Morgan fingerprint density at radius 2 is 1.79 bits per heavy atom. The van der Waals surface area contributed by atoms with Gasteiger partial charge in [-0.15, -0.1) is 11.8 Å². The molecule has 0 bridgehead atoms. The molecule has 0 unspecified atom stereocenters. The second-order valence-corrected chi connectivity index (χ2v) is 5.31. The average molecular weight is 233 g/mol. The van der Waals surface area contributed by atoms with Gasteiger partial charge in [-0.1, -0.05) is 30.9 Å². The molecule has 1 rings (SSSR count). The smallest absolute Gasteiger partial charge is 0.0992 e. The molecule has 4 N–H and O–H groups in total. The first-order valence-corrected chi connectivity index (χ1v) is 6.19.